The van der Waals surface area contributed by atoms with Crippen LogP contribution in [0.4, 0.5) is 5.69 Å². The first-order valence-electron chi connectivity index (χ1n) is 21.3. The molecular weight excluding hydrogens is 781 g/mol. The molecule has 7 aromatic carbocycles. The number of hydrogen-bond donors (Lipinski definition) is 0. The number of nitrogens with zero attached hydrogens (tertiary/aromatic N) is 6. The topological polar surface area (TPSA) is 52.9 Å². The van der Waals surface area contributed by atoms with E-state index in [4.69, 9.17) is 21.5 Å². The summed E-state index contributed by atoms with van der Waals surface area (Å²) < 4.78 is 4.69. The Morgan fingerprint density at radius 1 is 0.344 bits per heavy atom. The van der Waals surface area contributed by atoms with Crippen molar-refractivity contribution < 1.29 is 0 Å². The van der Waals surface area contributed by atoms with Crippen LogP contribution in [0.1, 0.15) is 0 Å². The minimum Gasteiger partial charge on any atom is -0.307 e. The Hall–Kier alpha value is -8.92. The van der Waals surface area contributed by atoms with Crippen LogP contribution < -0.4 is 0 Å². The van der Waals surface area contributed by atoms with Gasteiger partial charge in [-0.05, 0) is 59.2 Å². The van der Waals surface area contributed by atoms with Gasteiger partial charge in [0.15, 0.2) is 5.69 Å². The first-order valence-corrected chi connectivity index (χ1v) is 21.3. The molecule has 0 unspecified atom stereocenters. The number of hydrogen-bond acceptors (Lipinski definition) is 3. The highest BCUT2D eigenvalue weighted by molar-refractivity contribution is 6.13. The predicted octanol–water partition coefficient (Wildman–Crippen LogP) is 15.0. The second-order valence-corrected chi connectivity index (χ2v) is 16.0. The highest BCUT2D eigenvalue weighted by Gasteiger charge is 2.23. The Labute approximate surface area is 369 Å². The van der Waals surface area contributed by atoms with Gasteiger partial charge in [-0.25, -0.2) is 4.85 Å². The molecule has 0 amide bonds. The molecule has 0 aliphatic heterocycles. The van der Waals surface area contributed by atoms with Crippen molar-refractivity contribution in [1.29, 1.82) is 0 Å². The molecule has 0 N–H and O–H groups in total. The zero-order valence-corrected chi connectivity index (χ0v) is 34.5. The van der Waals surface area contributed by atoms with Gasteiger partial charge in [0.1, 0.15) is 0 Å². The molecule has 0 saturated carbocycles. The average Bonchev–Trinajstić information content (AvgIpc) is 3.89. The second-order valence-electron chi connectivity index (χ2n) is 16.0. The number of benzene rings is 7. The first kappa shape index (κ1) is 36.9. The monoisotopic (exact) mass is 816 g/mol. The van der Waals surface area contributed by atoms with E-state index in [1.165, 1.54) is 0 Å². The van der Waals surface area contributed by atoms with Gasteiger partial charge in [0.05, 0.1) is 63.8 Å². The minimum absolute atomic E-state index is 0.568. The van der Waals surface area contributed by atoms with E-state index >= 15 is 0 Å². The zero-order valence-electron chi connectivity index (χ0n) is 34.5. The number of fused-ring (bicyclic) bond motifs is 6. The number of rotatable bonds is 7. The lowest BCUT2D eigenvalue weighted by molar-refractivity contribution is 1.09. The third kappa shape index (κ3) is 6.14. The normalized spacial score (nSPS) is 11.4. The number of aromatic nitrogens is 5. The average molecular weight is 817 g/mol. The molecule has 0 atom stereocenters. The molecular formula is C58H36N6. The molecule has 12 aromatic rings. The maximum Gasteiger partial charge on any atom is 0.187 e. The molecule has 0 radical (unpaired) electrons. The van der Waals surface area contributed by atoms with Crippen molar-refractivity contribution in [3.05, 3.63) is 230 Å². The second kappa shape index (κ2) is 15.2. The molecule has 6 nitrogen and oxygen atoms in total. The smallest absolute Gasteiger partial charge is 0.187 e. The van der Waals surface area contributed by atoms with Crippen molar-refractivity contribution in [3.63, 3.8) is 0 Å². The summed E-state index contributed by atoms with van der Waals surface area (Å²) in [5.74, 6) is 0. The van der Waals surface area contributed by atoms with E-state index in [9.17, 15) is 0 Å². The van der Waals surface area contributed by atoms with Gasteiger partial charge in [0.2, 0.25) is 0 Å². The maximum atomic E-state index is 8.05. The summed E-state index contributed by atoms with van der Waals surface area (Å²) in [6, 6.07) is 67.4. The van der Waals surface area contributed by atoms with Crippen LogP contribution in [0.5, 0.6) is 0 Å². The van der Waals surface area contributed by atoms with Gasteiger partial charge in [-0.3, -0.25) is 15.0 Å². The van der Waals surface area contributed by atoms with E-state index in [1.807, 2.05) is 79.4 Å². The van der Waals surface area contributed by atoms with Gasteiger partial charge >= 0.3 is 0 Å². The van der Waals surface area contributed by atoms with E-state index < -0.39 is 0 Å². The Morgan fingerprint density at radius 3 is 1.28 bits per heavy atom. The highest BCUT2D eigenvalue weighted by atomic mass is 15.0. The standard InChI is InChI=1S/C58H36N6/c1-59-45-18-12-17-42(31-45)58-56(63-52-21-10-8-19-46(52)48-27-23-40(32-54(48)63)43-25-29-50(61-34-43)38-13-4-2-5-14-38)36-60-37-57(58)64-53-22-11-9-20-47(53)49-28-24-41(33-55(49)64)44-26-30-51(62-35-44)39-15-6-3-7-16-39/h2-37H. The fourth-order valence-corrected chi connectivity index (χ4v) is 9.31. The van der Waals surface area contributed by atoms with Crippen molar-refractivity contribution >= 4 is 49.3 Å². The molecule has 298 valence electrons. The SMILES string of the molecule is [C-]#[N+]c1cccc(-c2c(-n3c4ccccc4c4ccc(-c5ccc(-c6ccccc6)nc5)cc43)cncc2-n2c3ccccc3c3ccc(-c4ccc(-c5ccccc5)nc4)cc32)c1. The lowest BCUT2D eigenvalue weighted by Gasteiger charge is -2.20. The molecule has 5 heterocycles. The molecule has 0 fully saturated rings. The maximum absolute atomic E-state index is 8.05. The van der Waals surface area contributed by atoms with Crippen molar-refractivity contribution in [2.45, 2.75) is 0 Å². The van der Waals surface area contributed by atoms with Gasteiger partial charge < -0.3 is 9.13 Å². The minimum atomic E-state index is 0.568. The molecule has 64 heavy (non-hydrogen) atoms. The van der Waals surface area contributed by atoms with Gasteiger partial charge in [-0.1, -0.05) is 152 Å². The third-order valence-electron chi connectivity index (χ3n) is 12.3. The summed E-state index contributed by atoms with van der Waals surface area (Å²) >= 11 is 0. The van der Waals surface area contributed by atoms with Crippen molar-refractivity contribution in [1.82, 2.24) is 24.1 Å². The summed E-state index contributed by atoms with van der Waals surface area (Å²) in [4.78, 5) is 18.7. The molecule has 0 spiro atoms. The van der Waals surface area contributed by atoms with E-state index in [0.717, 1.165) is 111 Å². The highest BCUT2D eigenvalue weighted by Crippen LogP contribution is 2.43. The molecule has 0 aliphatic rings. The zero-order chi connectivity index (χ0) is 42.6. The molecule has 0 aliphatic carbocycles. The molecule has 0 bridgehead atoms. The van der Waals surface area contributed by atoms with Crippen LogP contribution in [0.25, 0.3) is 116 Å². The largest absolute Gasteiger partial charge is 0.307 e. The summed E-state index contributed by atoms with van der Waals surface area (Å²) in [5.41, 5.74) is 16.7. The summed E-state index contributed by atoms with van der Waals surface area (Å²) in [6.07, 6.45) is 7.86. The van der Waals surface area contributed by atoms with Crippen LogP contribution in [-0.2, 0) is 0 Å². The van der Waals surface area contributed by atoms with E-state index in [0.29, 0.717) is 5.69 Å². The van der Waals surface area contributed by atoms with E-state index in [2.05, 4.69) is 154 Å². The van der Waals surface area contributed by atoms with Gasteiger partial charge in [-0.2, -0.15) is 0 Å². The van der Waals surface area contributed by atoms with Crippen LogP contribution in [0.2, 0.25) is 0 Å². The molecule has 5 aromatic heterocycles. The van der Waals surface area contributed by atoms with Crippen molar-refractivity contribution in [2.24, 2.45) is 0 Å². The molecule has 12 rings (SSSR count). The predicted molar refractivity (Wildman–Crippen MR) is 262 cm³/mol. The van der Waals surface area contributed by atoms with E-state index in [1.54, 1.807) is 0 Å². The van der Waals surface area contributed by atoms with E-state index in [-0.39, 0.29) is 0 Å². The number of para-hydroxylation sites is 2. The lowest BCUT2D eigenvalue weighted by Crippen LogP contribution is -2.05. The molecule has 6 heteroatoms. The fraction of sp³-hybridized carbons (Fsp3) is 0. The van der Waals surface area contributed by atoms with Crippen LogP contribution in [0.15, 0.2) is 219 Å². The first-order chi connectivity index (χ1) is 31.7. The number of pyridine rings is 3. The van der Waals surface area contributed by atoms with Gasteiger partial charge in [-0.15, -0.1) is 0 Å². The molecule has 0 saturated heterocycles. The summed E-state index contributed by atoms with van der Waals surface area (Å²) in [5, 5.41) is 4.54. The van der Waals surface area contributed by atoms with Crippen molar-refractivity contribution in [2.75, 3.05) is 0 Å². The quantitative estimate of drug-likeness (QED) is 0.151. The van der Waals surface area contributed by atoms with Crippen molar-refractivity contribution in [3.8, 4) is 67.3 Å². The Bertz CT molecular complexity index is 3550. The van der Waals surface area contributed by atoms with Crippen LogP contribution >= 0.6 is 0 Å². The summed E-state index contributed by atoms with van der Waals surface area (Å²) in [7, 11) is 0. The Morgan fingerprint density at radius 2 is 0.797 bits per heavy atom. The summed E-state index contributed by atoms with van der Waals surface area (Å²) in [6.45, 7) is 8.05. The van der Waals surface area contributed by atoms with Gasteiger partial charge in [0.25, 0.3) is 0 Å². The third-order valence-corrected chi connectivity index (χ3v) is 12.3. The van der Waals surface area contributed by atoms with Gasteiger partial charge in [0, 0.05) is 61.8 Å². The van der Waals surface area contributed by atoms with Crippen LogP contribution in [-0.4, -0.2) is 24.1 Å². The lowest BCUT2D eigenvalue weighted by atomic mass is 10.0. The Kier molecular flexibility index (Phi) is 8.77. The Balaban J connectivity index is 1.10. The fourth-order valence-electron chi connectivity index (χ4n) is 9.31. The van der Waals surface area contributed by atoms with Crippen LogP contribution in [0.3, 0.4) is 0 Å². The van der Waals surface area contributed by atoms with Crippen LogP contribution in [0, 0.1) is 6.57 Å².